The van der Waals surface area contributed by atoms with E-state index in [-0.39, 0.29) is 35.9 Å². The number of imide groups is 1. The smallest absolute Gasteiger partial charge is 0.307 e. The highest BCUT2D eigenvalue weighted by Gasteiger charge is 2.44. The van der Waals surface area contributed by atoms with Crippen molar-refractivity contribution in [3.8, 4) is 5.75 Å². The molecule has 10 heteroatoms. The molecular weight excluding hydrogens is 384 g/mol. The summed E-state index contributed by atoms with van der Waals surface area (Å²) in [6.07, 6.45) is -0.167. The average Bonchev–Trinajstić information content (AvgIpc) is 2.92. The first-order valence-electron chi connectivity index (χ1n) is 9.00. The Hall–Kier alpha value is -3.30. The van der Waals surface area contributed by atoms with E-state index < -0.39 is 47.7 Å². The van der Waals surface area contributed by atoms with Crippen LogP contribution in [0.2, 0.25) is 0 Å². The Morgan fingerprint density at radius 1 is 1.28 bits per heavy atom. The van der Waals surface area contributed by atoms with Gasteiger partial charge in [-0.3, -0.25) is 34.6 Å². The normalized spacial score (nSPS) is 20.8. The molecule has 156 valence electrons. The number of Topliss-reactive ketones (excluding diaryl/α,β-unsaturated/α-hetero) is 1. The third-order valence-corrected chi connectivity index (χ3v) is 4.90. The molecule has 0 heterocycles. The van der Waals surface area contributed by atoms with Crippen LogP contribution in [0.4, 0.5) is 0 Å². The highest BCUT2D eigenvalue weighted by molar-refractivity contribution is 6.06. The third-order valence-electron chi connectivity index (χ3n) is 4.90. The quantitative estimate of drug-likeness (QED) is 0.383. The lowest BCUT2D eigenvalue weighted by Crippen LogP contribution is -2.35. The van der Waals surface area contributed by atoms with Crippen LogP contribution in [-0.2, 0) is 19.1 Å². The molecule has 1 saturated carbocycles. The SMILES string of the molecule is COc1ccccc1C(=O)NC(=O)COC(=O)C[C@@H]1C(=O)C[C@@H](C)[C@H]1C[N+](=O)[O-]. The number of hydrogen-bond donors (Lipinski definition) is 1. The summed E-state index contributed by atoms with van der Waals surface area (Å²) in [5.41, 5.74) is 0.142. The number of carbonyl (C=O) groups excluding carboxylic acids is 4. The van der Waals surface area contributed by atoms with E-state index in [0.29, 0.717) is 0 Å². The van der Waals surface area contributed by atoms with Crippen LogP contribution in [0.15, 0.2) is 24.3 Å². The van der Waals surface area contributed by atoms with Crippen LogP contribution < -0.4 is 10.1 Å². The molecule has 1 aromatic carbocycles. The fourth-order valence-electron chi connectivity index (χ4n) is 3.45. The van der Waals surface area contributed by atoms with E-state index in [2.05, 4.69) is 5.32 Å². The molecule has 10 nitrogen and oxygen atoms in total. The maximum Gasteiger partial charge on any atom is 0.307 e. The zero-order valence-electron chi connectivity index (χ0n) is 16.1. The standard InChI is InChI=1S/C19H22N2O8/c1-11-7-15(22)13(14(11)9-21(26)27)8-18(24)29-10-17(23)20-19(25)12-5-3-4-6-16(12)28-2/h3-6,11,13-14H,7-10H2,1-2H3,(H,20,23,25)/t11-,13+,14-/m1/s1. The number of esters is 1. The molecule has 1 N–H and O–H groups in total. The Kier molecular flexibility index (Phi) is 7.40. The van der Waals surface area contributed by atoms with Crippen molar-refractivity contribution in [2.24, 2.45) is 17.8 Å². The minimum absolute atomic E-state index is 0.142. The molecule has 2 rings (SSSR count). The largest absolute Gasteiger partial charge is 0.496 e. The number of rotatable bonds is 8. The van der Waals surface area contributed by atoms with Gasteiger partial charge >= 0.3 is 5.97 Å². The first kappa shape index (κ1) is 22.0. The monoisotopic (exact) mass is 406 g/mol. The van der Waals surface area contributed by atoms with Gasteiger partial charge in [-0.15, -0.1) is 0 Å². The summed E-state index contributed by atoms with van der Waals surface area (Å²) in [4.78, 5) is 58.4. The van der Waals surface area contributed by atoms with Gasteiger partial charge in [-0.05, 0) is 18.1 Å². The van der Waals surface area contributed by atoms with Crippen LogP contribution in [0.25, 0.3) is 0 Å². The van der Waals surface area contributed by atoms with Crippen molar-refractivity contribution in [2.45, 2.75) is 19.8 Å². The van der Waals surface area contributed by atoms with Crippen LogP contribution in [0.3, 0.4) is 0 Å². The topological polar surface area (TPSA) is 142 Å². The van der Waals surface area contributed by atoms with Gasteiger partial charge in [0.25, 0.3) is 11.8 Å². The number of nitrogens with zero attached hydrogens (tertiary/aromatic N) is 1. The minimum atomic E-state index is -0.845. The van der Waals surface area contributed by atoms with E-state index in [0.717, 1.165) is 0 Å². The Morgan fingerprint density at radius 2 is 1.97 bits per heavy atom. The molecule has 1 aromatic rings. The van der Waals surface area contributed by atoms with Gasteiger partial charge in [-0.1, -0.05) is 19.1 Å². The number of para-hydroxylation sites is 1. The summed E-state index contributed by atoms with van der Waals surface area (Å²) < 4.78 is 9.88. The van der Waals surface area contributed by atoms with Crippen LogP contribution in [0.5, 0.6) is 5.75 Å². The van der Waals surface area contributed by atoms with Crippen LogP contribution in [-0.4, -0.2) is 48.8 Å². The average molecular weight is 406 g/mol. The van der Waals surface area contributed by atoms with Crippen molar-refractivity contribution in [1.82, 2.24) is 5.32 Å². The fourth-order valence-corrected chi connectivity index (χ4v) is 3.45. The van der Waals surface area contributed by atoms with Gasteiger partial charge in [0.1, 0.15) is 11.5 Å². The zero-order chi connectivity index (χ0) is 21.6. The summed E-state index contributed by atoms with van der Waals surface area (Å²) in [6.45, 7) is 0.614. The second-order valence-electron chi connectivity index (χ2n) is 6.88. The Balaban J connectivity index is 1.86. The number of carbonyl (C=O) groups is 4. The number of nitrogens with one attached hydrogen (secondary N) is 1. The van der Waals surface area contributed by atoms with Crippen LogP contribution >= 0.6 is 0 Å². The second-order valence-corrected chi connectivity index (χ2v) is 6.88. The van der Waals surface area contributed by atoms with Crippen molar-refractivity contribution in [2.75, 3.05) is 20.3 Å². The maximum absolute atomic E-state index is 12.1. The molecule has 1 aliphatic carbocycles. The summed E-state index contributed by atoms with van der Waals surface area (Å²) in [7, 11) is 1.38. The zero-order valence-corrected chi connectivity index (χ0v) is 16.1. The lowest BCUT2D eigenvalue weighted by molar-refractivity contribution is -0.490. The van der Waals surface area contributed by atoms with Gasteiger partial charge in [-0.2, -0.15) is 0 Å². The van der Waals surface area contributed by atoms with Crippen molar-refractivity contribution in [1.29, 1.82) is 0 Å². The molecule has 0 aliphatic heterocycles. The van der Waals surface area contributed by atoms with E-state index in [4.69, 9.17) is 9.47 Å². The van der Waals surface area contributed by atoms with Gasteiger partial charge in [0, 0.05) is 23.2 Å². The summed E-state index contributed by atoms with van der Waals surface area (Å²) in [5, 5.41) is 12.9. The highest BCUT2D eigenvalue weighted by atomic mass is 16.6. The number of methoxy groups -OCH3 is 1. The van der Waals surface area contributed by atoms with Crippen LogP contribution in [0.1, 0.15) is 30.1 Å². The molecule has 0 aromatic heterocycles. The molecule has 1 aliphatic rings. The molecule has 0 bridgehead atoms. The maximum atomic E-state index is 12.1. The van der Waals surface area contributed by atoms with Crippen LogP contribution in [0, 0.1) is 27.9 Å². The lowest BCUT2D eigenvalue weighted by atomic mass is 9.88. The summed E-state index contributed by atoms with van der Waals surface area (Å²) in [5.74, 6) is -3.89. The van der Waals surface area contributed by atoms with Crippen molar-refractivity contribution >= 4 is 23.6 Å². The molecule has 0 saturated heterocycles. The first-order chi connectivity index (χ1) is 13.7. The van der Waals surface area contributed by atoms with E-state index >= 15 is 0 Å². The minimum Gasteiger partial charge on any atom is -0.496 e. The first-order valence-corrected chi connectivity index (χ1v) is 9.00. The molecule has 0 spiro atoms. The van der Waals surface area contributed by atoms with E-state index in [1.807, 2.05) is 0 Å². The Morgan fingerprint density at radius 3 is 2.62 bits per heavy atom. The fraction of sp³-hybridized carbons (Fsp3) is 0.474. The van der Waals surface area contributed by atoms with Crippen molar-refractivity contribution in [3.05, 3.63) is 39.9 Å². The number of nitro groups is 1. The number of benzene rings is 1. The molecular formula is C19H22N2O8. The van der Waals surface area contributed by atoms with Gasteiger partial charge in [0.2, 0.25) is 6.54 Å². The number of ether oxygens (including phenoxy) is 2. The molecule has 0 radical (unpaired) electrons. The third kappa shape index (κ3) is 5.84. The Labute approximate surface area is 166 Å². The molecule has 1 fully saturated rings. The predicted molar refractivity (Wildman–Crippen MR) is 98.7 cm³/mol. The summed E-state index contributed by atoms with van der Waals surface area (Å²) in [6, 6.07) is 6.29. The van der Waals surface area contributed by atoms with Gasteiger partial charge in [0.05, 0.1) is 19.1 Å². The summed E-state index contributed by atoms with van der Waals surface area (Å²) >= 11 is 0. The predicted octanol–water partition coefficient (Wildman–Crippen LogP) is 1.00. The van der Waals surface area contributed by atoms with E-state index in [1.54, 1.807) is 25.1 Å². The second kappa shape index (κ2) is 9.76. The molecule has 2 amide bonds. The number of ketones is 1. The van der Waals surface area contributed by atoms with Gasteiger partial charge < -0.3 is 9.47 Å². The molecule has 3 atom stereocenters. The van der Waals surface area contributed by atoms with Gasteiger partial charge in [0.15, 0.2) is 6.61 Å². The van der Waals surface area contributed by atoms with Crippen molar-refractivity contribution < 1.29 is 33.6 Å². The van der Waals surface area contributed by atoms with E-state index in [1.165, 1.54) is 13.2 Å². The number of hydrogen-bond acceptors (Lipinski definition) is 8. The highest BCUT2D eigenvalue weighted by Crippen LogP contribution is 2.36. The lowest BCUT2D eigenvalue weighted by Gasteiger charge is -2.17. The van der Waals surface area contributed by atoms with E-state index in [9.17, 15) is 29.3 Å². The molecule has 0 unspecified atom stereocenters. The molecule has 29 heavy (non-hydrogen) atoms. The number of amides is 2. The Bertz CT molecular complexity index is 822. The van der Waals surface area contributed by atoms with Crippen molar-refractivity contribution in [3.63, 3.8) is 0 Å². The van der Waals surface area contributed by atoms with Gasteiger partial charge in [-0.25, -0.2) is 0 Å².